The van der Waals surface area contributed by atoms with Crippen molar-refractivity contribution in [3.05, 3.63) is 76.5 Å². The molecule has 3 aromatic rings. The first-order chi connectivity index (χ1) is 15.8. The van der Waals surface area contributed by atoms with E-state index in [9.17, 15) is 14.4 Å². The SMILES string of the molecule is COc1ccc(N2C(=O)/C(=C/c3ccc(-c4ccc(C(=O)O)c(Cl)c4)o3)C(=O)NC2=S)cc1. The Bertz CT molecular complexity index is 1330. The van der Waals surface area contributed by atoms with Crippen LogP contribution in [-0.4, -0.2) is 35.1 Å². The molecule has 33 heavy (non-hydrogen) atoms. The summed E-state index contributed by atoms with van der Waals surface area (Å²) in [5, 5.41) is 11.6. The summed E-state index contributed by atoms with van der Waals surface area (Å²) in [7, 11) is 1.53. The van der Waals surface area contributed by atoms with E-state index in [-0.39, 0.29) is 27.0 Å². The zero-order valence-corrected chi connectivity index (χ0v) is 18.6. The van der Waals surface area contributed by atoms with Crippen LogP contribution in [0.25, 0.3) is 17.4 Å². The predicted molar refractivity (Wildman–Crippen MR) is 125 cm³/mol. The Hall–Kier alpha value is -3.95. The molecule has 0 radical (unpaired) electrons. The maximum Gasteiger partial charge on any atom is 0.337 e. The number of aromatic carboxylic acids is 1. The lowest BCUT2D eigenvalue weighted by Crippen LogP contribution is -2.54. The average molecular weight is 483 g/mol. The monoisotopic (exact) mass is 482 g/mol. The topological polar surface area (TPSA) is 109 Å². The molecule has 2 amide bonds. The standard InChI is InChI=1S/C23H15ClN2O6S/c1-31-14-5-3-13(4-6-14)26-21(28)17(20(27)25-23(26)33)11-15-7-9-19(32-15)12-2-8-16(22(29)30)18(24)10-12/h2-11H,1H3,(H,29,30)(H,25,27,33)/b17-11+. The van der Waals surface area contributed by atoms with E-state index in [1.54, 1.807) is 42.5 Å². The molecule has 2 heterocycles. The Labute approximate surface area is 198 Å². The summed E-state index contributed by atoms with van der Waals surface area (Å²) >= 11 is 11.2. The summed E-state index contributed by atoms with van der Waals surface area (Å²) in [6.45, 7) is 0. The number of thiocarbonyl (C=S) groups is 1. The quantitative estimate of drug-likeness (QED) is 0.319. The van der Waals surface area contributed by atoms with Crippen LogP contribution in [0.15, 0.2) is 64.6 Å². The molecular weight excluding hydrogens is 468 g/mol. The van der Waals surface area contributed by atoms with Gasteiger partial charge in [-0.15, -0.1) is 0 Å². The van der Waals surface area contributed by atoms with Crippen LogP contribution in [0.5, 0.6) is 5.75 Å². The fraction of sp³-hybridized carbons (Fsp3) is 0.0435. The summed E-state index contributed by atoms with van der Waals surface area (Å²) in [6, 6.07) is 14.2. The first kappa shape index (κ1) is 22.3. The van der Waals surface area contributed by atoms with Gasteiger partial charge in [0.25, 0.3) is 11.8 Å². The molecule has 1 aromatic heterocycles. The third-order valence-electron chi connectivity index (χ3n) is 4.83. The number of hydrogen-bond donors (Lipinski definition) is 2. The third-order valence-corrected chi connectivity index (χ3v) is 5.43. The normalized spacial score (nSPS) is 15.0. The van der Waals surface area contributed by atoms with Crippen LogP contribution in [0.1, 0.15) is 16.1 Å². The molecule has 0 atom stereocenters. The van der Waals surface area contributed by atoms with Crippen LogP contribution in [0.4, 0.5) is 5.69 Å². The highest BCUT2D eigenvalue weighted by Crippen LogP contribution is 2.29. The van der Waals surface area contributed by atoms with Gasteiger partial charge >= 0.3 is 5.97 Å². The predicted octanol–water partition coefficient (Wildman–Crippen LogP) is 4.14. The number of benzene rings is 2. The average Bonchev–Trinajstić information content (AvgIpc) is 3.25. The van der Waals surface area contributed by atoms with Gasteiger partial charge in [0.05, 0.1) is 23.4 Å². The molecule has 1 saturated heterocycles. The van der Waals surface area contributed by atoms with Gasteiger partial charge in [-0.25, -0.2) is 4.79 Å². The first-order valence-electron chi connectivity index (χ1n) is 9.47. The van der Waals surface area contributed by atoms with E-state index < -0.39 is 17.8 Å². The Morgan fingerprint density at radius 3 is 2.52 bits per heavy atom. The van der Waals surface area contributed by atoms with Crippen molar-refractivity contribution < 1.29 is 28.6 Å². The number of carboxylic acid groups (broad SMARTS) is 1. The third kappa shape index (κ3) is 4.36. The van der Waals surface area contributed by atoms with Crippen LogP contribution in [0, 0.1) is 0 Å². The molecule has 2 aromatic carbocycles. The fourth-order valence-corrected chi connectivity index (χ4v) is 3.74. The number of ether oxygens (including phenoxy) is 1. The van der Waals surface area contributed by atoms with E-state index in [4.69, 9.17) is 38.1 Å². The number of nitrogens with zero attached hydrogens (tertiary/aromatic N) is 1. The number of carbonyl (C=O) groups excluding carboxylic acids is 2. The molecule has 4 rings (SSSR count). The van der Waals surface area contributed by atoms with Gasteiger partial charge < -0.3 is 14.3 Å². The molecule has 1 aliphatic rings. The van der Waals surface area contributed by atoms with Crippen molar-refractivity contribution in [3.63, 3.8) is 0 Å². The van der Waals surface area contributed by atoms with Gasteiger partial charge in [-0.3, -0.25) is 19.8 Å². The van der Waals surface area contributed by atoms with Gasteiger partial charge in [-0.05, 0) is 66.8 Å². The first-order valence-corrected chi connectivity index (χ1v) is 10.3. The van der Waals surface area contributed by atoms with Gasteiger partial charge in [-0.1, -0.05) is 17.7 Å². The molecule has 0 saturated carbocycles. The Balaban J connectivity index is 1.64. The number of carbonyl (C=O) groups is 3. The number of methoxy groups -OCH3 is 1. The second-order valence-corrected chi connectivity index (χ2v) is 7.65. The number of anilines is 1. The second-order valence-electron chi connectivity index (χ2n) is 6.86. The lowest BCUT2D eigenvalue weighted by atomic mass is 10.1. The lowest BCUT2D eigenvalue weighted by molar-refractivity contribution is -0.122. The Morgan fingerprint density at radius 1 is 1.15 bits per heavy atom. The molecule has 1 aliphatic heterocycles. The number of hydrogen-bond acceptors (Lipinski definition) is 6. The van der Waals surface area contributed by atoms with Gasteiger partial charge in [0.2, 0.25) is 0 Å². The molecule has 0 unspecified atom stereocenters. The maximum absolute atomic E-state index is 13.1. The van der Waals surface area contributed by atoms with Crippen LogP contribution in [0.2, 0.25) is 5.02 Å². The number of halogens is 1. The van der Waals surface area contributed by atoms with E-state index in [0.717, 1.165) is 0 Å². The highest BCUT2D eigenvalue weighted by atomic mass is 35.5. The van der Waals surface area contributed by atoms with Gasteiger partial charge in [0, 0.05) is 5.56 Å². The zero-order valence-electron chi connectivity index (χ0n) is 17.0. The van der Waals surface area contributed by atoms with Crippen LogP contribution >= 0.6 is 23.8 Å². The van der Waals surface area contributed by atoms with Crippen molar-refractivity contribution in [1.82, 2.24) is 5.32 Å². The summed E-state index contributed by atoms with van der Waals surface area (Å²) in [5.74, 6) is -1.18. The minimum absolute atomic E-state index is 0.0339. The van der Waals surface area contributed by atoms with Crippen LogP contribution < -0.4 is 15.0 Å². The minimum Gasteiger partial charge on any atom is -0.497 e. The number of rotatable bonds is 5. The second kappa shape index (κ2) is 8.89. The van der Waals surface area contributed by atoms with Crippen molar-refractivity contribution in [1.29, 1.82) is 0 Å². The molecule has 0 bridgehead atoms. The number of nitrogens with one attached hydrogen (secondary N) is 1. The van der Waals surface area contributed by atoms with Gasteiger partial charge in [0.1, 0.15) is 22.8 Å². The van der Waals surface area contributed by atoms with E-state index in [1.807, 2.05) is 0 Å². The molecule has 0 spiro atoms. The molecule has 8 nitrogen and oxygen atoms in total. The highest BCUT2D eigenvalue weighted by Gasteiger charge is 2.34. The Morgan fingerprint density at radius 2 is 1.88 bits per heavy atom. The zero-order chi connectivity index (χ0) is 23.7. The number of carboxylic acids is 1. The largest absolute Gasteiger partial charge is 0.497 e. The summed E-state index contributed by atoms with van der Waals surface area (Å²) < 4.78 is 10.9. The minimum atomic E-state index is -1.14. The van der Waals surface area contributed by atoms with Gasteiger partial charge in [-0.2, -0.15) is 0 Å². The van der Waals surface area contributed by atoms with E-state index in [1.165, 1.54) is 30.2 Å². The molecule has 0 aliphatic carbocycles. The number of furan rings is 1. The molecule has 10 heteroatoms. The van der Waals surface area contributed by atoms with E-state index in [2.05, 4.69) is 5.32 Å². The smallest absolute Gasteiger partial charge is 0.337 e. The number of amides is 2. The molecular formula is C23H15ClN2O6S. The van der Waals surface area contributed by atoms with Crippen molar-refractivity contribution in [2.24, 2.45) is 0 Å². The fourth-order valence-electron chi connectivity index (χ4n) is 3.19. The van der Waals surface area contributed by atoms with Crippen LogP contribution in [0.3, 0.4) is 0 Å². The highest BCUT2D eigenvalue weighted by molar-refractivity contribution is 7.80. The lowest BCUT2D eigenvalue weighted by Gasteiger charge is -2.28. The van der Waals surface area contributed by atoms with Crippen LogP contribution in [-0.2, 0) is 9.59 Å². The van der Waals surface area contributed by atoms with Crippen molar-refractivity contribution in [3.8, 4) is 17.1 Å². The van der Waals surface area contributed by atoms with E-state index in [0.29, 0.717) is 22.8 Å². The Kier molecular flexibility index (Phi) is 5.99. The molecule has 166 valence electrons. The maximum atomic E-state index is 13.1. The summed E-state index contributed by atoms with van der Waals surface area (Å²) in [6.07, 6.45) is 1.31. The van der Waals surface area contributed by atoms with Crippen molar-refractivity contribution in [2.45, 2.75) is 0 Å². The molecule has 2 N–H and O–H groups in total. The summed E-state index contributed by atoms with van der Waals surface area (Å²) in [4.78, 5) is 37.9. The molecule has 1 fully saturated rings. The van der Waals surface area contributed by atoms with E-state index >= 15 is 0 Å². The van der Waals surface area contributed by atoms with Gasteiger partial charge in [0.15, 0.2) is 5.11 Å². The van der Waals surface area contributed by atoms with Crippen molar-refractivity contribution >= 4 is 58.5 Å². The van der Waals surface area contributed by atoms with Crippen molar-refractivity contribution in [2.75, 3.05) is 12.0 Å². The summed E-state index contributed by atoms with van der Waals surface area (Å²) in [5.41, 5.74) is 0.799.